The molecule has 7 heteroatoms. The molecule has 33 heavy (non-hydrogen) atoms. The molecule has 4 unspecified atom stereocenters. The van der Waals surface area contributed by atoms with E-state index in [-0.39, 0.29) is 7.43 Å². The van der Waals surface area contributed by atoms with Crippen molar-refractivity contribution in [3.63, 3.8) is 0 Å². The van der Waals surface area contributed by atoms with Gasteiger partial charge in [-0.25, -0.2) is 0 Å². The molecule has 1 aliphatic heterocycles. The van der Waals surface area contributed by atoms with Gasteiger partial charge in [0.1, 0.15) is 8.24 Å². The van der Waals surface area contributed by atoms with Crippen LogP contribution in [0.3, 0.4) is 0 Å². The maximum atomic E-state index is 4.89. The second-order valence-corrected chi connectivity index (χ2v) is 17.6. The predicted octanol–water partition coefficient (Wildman–Crippen LogP) is 8.50. The minimum atomic E-state index is -1.69. The molecule has 4 rings (SSSR count). The summed E-state index contributed by atoms with van der Waals surface area (Å²) in [5.41, 5.74) is 6.49. The first-order valence-corrected chi connectivity index (χ1v) is 19.0. The van der Waals surface area contributed by atoms with Crippen molar-refractivity contribution >= 4 is 32.4 Å². The molecule has 1 aromatic carbocycles. The monoisotopic (exact) mass is 540 g/mol. The van der Waals surface area contributed by atoms with E-state index >= 15 is 0 Å². The van der Waals surface area contributed by atoms with Crippen LogP contribution >= 0.6 is 18.6 Å². The molecular weight excluding hydrogens is 501 g/mol. The zero-order valence-corrected chi connectivity index (χ0v) is 25.4. The molecule has 1 aromatic rings. The van der Waals surface area contributed by atoms with E-state index in [1.807, 2.05) is 0 Å². The number of allylic oxidation sites excluding steroid dienone is 4. The molecule has 1 saturated heterocycles. The van der Waals surface area contributed by atoms with Crippen LogP contribution in [0.1, 0.15) is 37.0 Å². The molecule has 0 bridgehead atoms. The molecular formula is C26H40Cl2N3SiTi+. The Bertz CT molecular complexity index is 817. The SMILES string of the molecule is Cc1cc(C)cc(C2=CC=CC3C2CC(C(C)C)C3[Si](C)(C)N2C[N-]C[N-]C2)c1.[CH3-].[Cl][Ti+4][Cl]. The van der Waals surface area contributed by atoms with E-state index in [1.165, 1.54) is 23.1 Å². The second kappa shape index (κ2) is 12.9. The third-order valence-electron chi connectivity index (χ3n) is 7.66. The summed E-state index contributed by atoms with van der Waals surface area (Å²) in [6.07, 6.45) is 8.60. The summed E-state index contributed by atoms with van der Waals surface area (Å²) in [5.74, 6) is 2.77. The standard InChI is InChI=1S/C25H37N3Si.CH3.2ClH.Ti/c1-17(2)23-13-24-21(20-11-18(3)10-19(4)12-20)8-7-9-22(24)25(23)29(5,6)28-15-26-14-27-16-28;;;;/h7-12,17,22-25H,13-16H2,1-6H3;1H3;2*1H;/q-2;-1;;;+6/p-2. The quantitative estimate of drug-likeness (QED) is 0.278. The molecule has 2 aliphatic carbocycles. The van der Waals surface area contributed by atoms with Gasteiger partial charge in [-0.1, -0.05) is 74.5 Å². The van der Waals surface area contributed by atoms with Gasteiger partial charge < -0.3 is 22.6 Å². The van der Waals surface area contributed by atoms with Gasteiger partial charge in [-0.3, -0.25) is 6.67 Å². The molecule has 2 fully saturated rings. The van der Waals surface area contributed by atoms with Crippen molar-refractivity contribution in [2.24, 2.45) is 23.7 Å². The molecule has 3 aliphatic rings. The molecule has 0 aromatic heterocycles. The van der Waals surface area contributed by atoms with Gasteiger partial charge in [-0.15, -0.1) is 13.3 Å². The molecule has 3 nitrogen and oxygen atoms in total. The fourth-order valence-corrected chi connectivity index (χ4v) is 10.5. The number of fused-ring (bicyclic) bond motifs is 1. The first-order chi connectivity index (χ1) is 15.2. The van der Waals surface area contributed by atoms with Crippen molar-refractivity contribution in [1.29, 1.82) is 0 Å². The molecule has 1 heterocycles. The van der Waals surface area contributed by atoms with Crippen LogP contribution in [-0.4, -0.2) is 32.8 Å². The van der Waals surface area contributed by atoms with Crippen LogP contribution in [0.5, 0.6) is 0 Å². The van der Waals surface area contributed by atoms with Gasteiger partial charge in [-0.05, 0) is 60.6 Å². The zero-order valence-electron chi connectivity index (χ0n) is 21.3. The van der Waals surface area contributed by atoms with E-state index in [4.69, 9.17) is 18.6 Å². The first kappa shape index (κ1) is 29.3. The van der Waals surface area contributed by atoms with Crippen molar-refractivity contribution in [1.82, 2.24) is 4.57 Å². The van der Waals surface area contributed by atoms with Crippen LogP contribution in [0.4, 0.5) is 0 Å². The number of nitrogens with zero attached hydrogens (tertiary/aromatic N) is 3. The van der Waals surface area contributed by atoms with Gasteiger partial charge in [0.25, 0.3) is 0 Å². The van der Waals surface area contributed by atoms with E-state index in [9.17, 15) is 0 Å². The summed E-state index contributed by atoms with van der Waals surface area (Å²) in [5, 5.41) is 9.23. The Morgan fingerprint density at radius 3 is 2.18 bits per heavy atom. The zero-order chi connectivity index (χ0) is 23.5. The van der Waals surface area contributed by atoms with Crippen LogP contribution in [0.25, 0.3) is 16.2 Å². The summed E-state index contributed by atoms with van der Waals surface area (Å²) in [6, 6.07) is 7.06. The average molecular weight is 541 g/mol. The van der Waals surface area contributed by atoms with Crippen molar-refractivity contribution in [2.45, 2.75) is 52.8 Å². The Morgan fingerprint density at radius 2 is 1.64 bits per heavy atom. The fourth-order valence-electron chi connectivity index (χ4n) is 6.29. The third-order valence-corrected chi connectivity index (χ3v) is 12.0. The van der Waals surface area contributed by atoms with Crippen molar-refractivity contribution in [3.05, 3.63) is 71.2 Å². The van der Waals surface area contributed by atoms with E-state index < -0.39 is 25.3 Å². The van der Waals surface area contributed by atoms with Gasteiger partial charge in [-0.2, -0.15) is 0 Å². The molecule has 4 atom stereocenters. The van der Waals surface area contributed by atoms with Gasteiger partial charge in [0.05, 0.1) is 0 Å². The Kier molecular flexibility index (Phi) is 11.4. The Labute approximate surface area is 220 Å². The van der Waals surface area contributed by atoms with Crippen molar-refractivity contribution in [3.8, 4) is 0 Å². The summed E-state index contributed by atoms with van der Waals surface area (Å²) in [6.45, 7) is 16.9. The van der Waals surface area contributed by atoms with E-state index in [0.29, 0.717) is 24.4 Å². The molecule has 0 N–H and O–H groups in total. The van der Waals surface area contributed by atoms with Crippen LogP contribution in [-0.2, 0) is 17.0 Å². The van der Waals surface area contributed by atoms with Crippen LogP contribution in [0.15, 0.2) is 36.4 Å². The number of benzene rings is 1. The maximum absolute atomic E-state index is 4.89. The van der Waals surface area contributed by atoms with Gasteiger partial charge in [0, 0.05) is 0 Å². The topological polar surface area (TPSA) is 31.4 Å². The van der Waals surface area contributed by atoms with Crippen molar-refractivity contribution in [2.75, 3.05) is 20.0 Å². The number of rotatable bonds is 4. The Balaban J connectivity index is 0.000000914. The molecule has 180 valence electrons. The van der Waals surface area contributed by atoms with Crippen LogP contribution < -0.4 is 0 Å². The Morgan fingerprint density at radius 1 is 1.06 bits per heavy atom. The fraction of sp³-hybridized carbons (Fsp3) is 0.577. The minimum absolute atomic E-state index is 0. The number of hydrogen-bond acceptors (Lipinski definition) is 1. The Hall–Kier alpha value is 0.0912. The number of halogens is 2. The van der Waals surface area contributed by atoms with E-state index in [2.05, 4.69) is 92.4 Å². The molecule has 0 radical (unpaired) electrons. The molecule has 0 amide bonds. The van der Waals surface area contributed by atoms with Gasteiger partial charge >= 0.3 is 35.6 Å². The summed E-state index contributed by atoms with van der Waals surface area (Å²) in [7, 11) is 8.09. The van der Waals surface area contributed by atoms with Crippen molar-refractivity contribution < 1.29 is 17.0 Å². The van der Waals surface area contributed by atoms with E-state index in [0.717, 1.165) is 24.8 Å². The second-order valence-electron chi connectivity index (χ2n) is 10.4. The predicted molar refractivity (Wildman–Crippen MR) is 145 cm³/mol. The summed E-state index contributed by atoms with van der Waals surface area (Å²) in [4.78, 5) is 0. The van der Waals surface area contributed by atoms with E-state index in [1.54, 1.807) is 5.57 Å². The summed E-state index contributed by atoms with van der Waals surface area (Å²) < 4.78 is 2.64. The molecule has 0 spiro atoms. The third kappa shape index (κ3) is 6.65. The molecule has 1 saturated carbocycles. The van der Waals surface area contributed by atoms with Gasteiger partial charge in [0.2, 0.25) is 0 Å². The first-order valence-electron chi connectivity index (χ1n) is 11.7. The van der Waals surface area contributed by atoms with Gasteiger partial charge in [0.15, 0.2) is 0 Å². The normalized spacial score (nSPS) is 27.5. The van der Waals surface area contributed by atoms with Crippen LogP contribution in [0.2, 0.25) is 18.6 Å². The number of aryl methyl sites for hydroxylation is 2. The number of hydrogen-bond donors (Lipinski definition) is 0. The summed E-state index contributed by atoms with van der Waals surface area (Å²) >= 11 is -0.556. The average Bonchev–Trinajstić information content (AvgIpc) is 3.15. The van der Waals surface area contributed by atoms with Crippen LogP contribution in [0, 0.1) is 44.9 Å².